The van der Waals surface area contributed by atoms with Crippen molar-refractivity contribution in [3.8, 4) is 44.9 Å². The summed E-state index contributed by atoms with van der Waals surface area (Å²) in [4.78, 5) is 15.3. The van der Waals surface area contributed by atoms with Gasteiger partial charge >= 0.3 is 0 Å². The summed E-state index contributed by atoms with van der Waals surface area (Å²) in [7, 11) is 0. The highest BCUT2D eigenvalue weighted by Gasteiger charge is 2.18. The highest BCUT2D eigenvalue weighted by atomic mass is 16.3. The summed E-state index contributed by atoms with van der Waals surface area (Å²) in [6, 6.07) is 57.3. The van der Waals surface area contributed by atoms with Gasteiger partial charge in [-0.3, -0.25) is 4.98 Å². The van der Waals surface area contributed by atoms with Crippen molar-refractivity contribution in [3.63, 3.8) is 0 Å². The van der Waals surface area contributed by atoms with Crippen molar-refractivity contribution < 1.29 is 4.42 Å². The number of fused-ring (bicyclic) bond motifs is 10. The maximum atomic E-state index is 6.51. The third-order valence-corrected chi connectivity index (χ3v) is 10.9. The van der Waals surface area contributed by atoms with Crippen molar-refractivity contribution >= 4 is 65.3 Å². The molecule has 54 heavy (non-hydrogen) atoms. The molecule has 0 bridgehead atoms. The first-order valence-electron chi connectivity index (χ1n) is 18.3. The third kappa shape index (κ3) is 4.74. The lowest BCUT2D eigenvalue weighted by atomic mass is 9.93. The van der Waals surface area contributed by atoms with Gasteiger partial charge in [0.25, 0.3) is 0 Å². The number of aromatic nitrogens is 3. The van der Waals surface area contributed by atoms with Crippen LogP contribution in [0.15, 0.2) is 174 Å². The summed E-state index contributed by atoms with van der Waals surface area (Å²) in [5, 5.41) is 8.98. The molecule has 0 radical (unpaired) electrons. The Bertz CT molecular complexity index is 3260. The zero-order chi connectivity index (χ0) is 35.8. The average molecular weight is 690 g/mol. The maximum Gasteiger partial charge on any atom is 0.144 e. The molecular weight excluding hydrogens is 659 g/mol. The minimum Gasteiger partial charge on any atom is -0.455 e. The standard InChI is InChI=1S/C50H31N3O/c1-30-37(32-9-3-2-4-10-32)24-21-33-17-20-35-22-28-44(53-49(35)46(30)33)43-27-23-36(29-51-43)31-15-18-34(19-16-31)48-41-26-25-39-38-11-6-8-14-45(38)54-50(39)47(41)40-12-5-7-13-42(40)52-48/h2-29H,1H3. The summed E-state index contributed by atoms with van der Waals surface area (Å²) in [6.45, 7) is 2.20. The topological polar surface area (TPSA) is 51.8 Å². The van der Waals surface area contributed by atoms with Gasteiger partial charge in [0.1, 0.15) is 11.2 Å². The third-order valence-electron chi connectivity index (χ3n) is 10.9. The number of pyridine rings is 3. The van der Waals surface area contributed by atoms with Crippen LogP contribution >= 0.6 is 0 Å². The quantitative estimate of drug-likeness (QED) is 0.173. The number of nitrogens with zero attached hydrogens (tertiary/aromatic N) is 3. The first kappa shape index (κ1) is 30.5. The average Bonchev–Trinajstić information content (AvgIpc) is 3.62. The zero-order valence-corrected chi connectivity index (χ0v) is 29.4. The van der Waals surface area contributed by atoms with Gasteiger partial charge in [0.15, 0.2) is 0 Å². The molecule has 0 amide bonds. The van der Waals surface area contributed by atoms with Crippen LogP contribution < -0.4 is 0 Å². The van der Waals surface area contributed by atoms with Gasteiger partial charge in [-0.2, -0.15) is 0 Å². The fourth-order valence-electron chi connectivity index (χ4n) is 8.22. The van der Waals surface area contributed by atoms with E-state index >= 15 is 0 Å². The van der Waals surface area contributed by atoms with E-state index in [9.17, 15) is 0 Å². The Balaban J connectivity index is 0.959. The summed E-state index contributed by atoms with van der Waals surface area (Å²) in [6.07, 6.45) is 1.94. The van der Waals surface area contributed by atoms with E-state index in [2.05, 4.69) is 153 Å². The predicted molar refractivity (Wildman–Crippen MR) is 224 cm³/mol. The molecule has 4 nitrogen and oxygen atoms in total. The molecule has 0 saturated carbocycles. The maximum absolute atomic E-state index is 6.51. The molecule has 0 spiro atoms. The van der Waals surface area contributed by atoms with Crippen molar-refractivity contribution in [3.05, 3.63) is 176 Å². The van der Waals surface area contributed by atoms with E-state index in [1.165, 1.54) is 27.5 Å². The lowest BCUT2D eigenvalue weighted by Gasteiger charge is -2.13. The number of rotatable bonds is 4. The number of aryl methyl sites for hydroxylation is 1. The van der Waals surface area contributed by atoms with E-state index in [0.29, 0.717) is 0 Å². The van der Waals surface area contributed by atoms with E-state index < -0.39 is 0 Å². The van der Waals surface area contributed by atoms with Crippen molar-refractivity contribution in [2.24, 2.45) is 0 Å². The van der Waals surface area contributed by atoms with Gasteiger partial charge in [-0.15, -0.1) is 0 Å². The molecule has 11 rings (SSSR count). The SMILES string of the molecule is Cc1c(-c2ccccc2)ccc2ccc3ccc(-c4ccc(-c5ccc(-c6nc7ccccc7c7c6ccc6c8ccccc8oc67)cc5)cn4)nc3c12. The number of furan rings is 1. The van der Waals surface area contributed by atoms with Crippen LogP contribution in [0.25, 0.3) is 110 Å². The molecule has 0 fully saturated rings. The number of hydrogen-bond donors (Lipinski definition) is 0. The molecule has 0 unspecified atom stereocenters. The van der Waals surface area contributed by atoms with Gasteiger partial charge in [-0.25, -0.2) is 9.97 Å². The minimum absolute atomic E-state index is 0.842. The van der Waals surface area contributed by atoms with Crippen LogP contribution in [0.3, 0.4) is 0 Å². The van der Waals surface area contributed by atoms with Gasteiger partial charge in [0.2, 0.25) is 0 Å². The molecule has 4 heteroatoms. The van der Waals surface area contributed by atoms with Crippen molar-refractivity contribution in [1.82, 2.24) is 15.0 Å². The molecular formula is C50H31N3O. The van der Waals surface area contributed by atoms with Gasteiger partial charge in [-0.1, -0.05) is 133 Å². The largest absolute Gasteiger partial charge is 0.455 e. The van der Waals surface area contributed by atoms with Crippen LogP contribution in [0.5, 0.6) is 0 Å². The number of benzene rings is 7. The van der Waals surface area contributed by atoms with E-state index in [0.717, 1.165) is 88.3 Å². The summed E-state index contributed by atoms with van der Waals surface area (Å²) < 4.78 is 6.51. The van der Waals surface area contributed by atoms with Gasteiger partial charge in [0, 0.05) is 55.0 Å². The van der Waals surface area contributed by atoms with Crippen molar-refractivity contribution in [2.45, 2.75) is 6.92 Å². The second kappa shape index (κ2) is 11.9. The molecule has 4 aromatic heterocycles. The van der Waals surface area contributed by atoms with Crippen LogP contribution in [0.2, 0.25) is 0 Å². The van der Waals surface area contributed by atoms with Crippen LogP contribution in [0.4, 0.5) is 0 Å². The lowest BCUT2D eigenvalue weighted by Crippen LogP contribution is -1.93. The zero-order valence-electron chi connectivity index (χ0n) is 29.4. The first-order chi connectivity index (χ1) is 26.7. The van der Waals surface area contributed by atoms with Crippen LogP contribution in [0, 0.1) is 6.92 Å². The van der Waals surface area contributed by atoms with Crippen LogP contribution in [-0.2, 0) is 0 Å². The number of hydrogen-bond acceptors (Lipinski definition) is 4. The molecule has 0 aliphatic heterocycles. The summed E-state index contributed by atoms with van der Waals surface area (Å²) in [5.74, 6) is 0. The first-order valence-corrected chi connectivity index (χ1v) is 18.3. The van der Waals surface area contributed by atoms with E-state index in [1.54, 1.807) is 0 Å². The molecule has 0 N–H and O–H groups in total. The lowest BCUT2D eigenvalue weighted by molar-refractivity contribution is 0.673. The Kier molecular flexibility index (Phi) is 6.73. The molecule has 0 aliphatic carbocycles. The smallest absolute Gasteiger partial charge is 0.144 e. The van der Waals surface area contributed by atoms with Crippen LogP contribution in [0.1, 0.15) is 5.56 Å². The molecule has 0 saturated heterocycles. The molecule has 252 valence electrons. The van der Waals surface area contributed by atoms with Crippen molar-refractivity contribution in [2.75, 3.05) is 0 Å². The van der Waals surface area contributed by atoms with Gasteiger partial charge in [0.05, 0.1) is 28.1 Å². The van der Waals surface area contributed by atoms with Gasteiger partial charge < -0.3 is 4.42 Å². The Labute approximate surface area is 311 Å². The fourth-order valence-corrected chi connectivity index (χ4v) is 8.22. The molecule has 11 aromatic rings. The molecule has 0 atom stereocenters. The van der Waals surface area contributed by atoms with E-state index in [1.807, 2.05) is 24.4 Å². The number of para-hydroxylation sites is 2. The molecule has 0 aliphatic rings. The Morgan fingerprint density at radius 1 is 0.444 bits per heavy atom. The van der Waals surface area contributed by atoms with E-state index in [-0.39, 0.29) is 0 Å². The second-order valence-electron chi connectivity index (χ2n) is 14.0. The minimum atomic E-state index is 0.842. The highest BCUT2D eigenvalue weighted by Crippen LogP contribution is 2.41. The van der Waals surface area contributed by atoms with Gasteiger partial charge in [-0.05, 0) is 64.9 Å². The van der Waals surface area contributed by atoms with Crippen LogP contribution in [-0.4, -0.2) is 15.0 Å². The fraction of sp³-hybridized carbons (Fsp3) is 0.0200. The van der Waals surface area contributed by atoms with Crippen molar-refractivity contribution in [1.29, 1.82) is 0 Å². The molecule has 7 aromatic carbocycles. The normalized spacial score (nSPS) is 11.8. The van der Waals surface area contributed by atoms with E-state index in [4.69, 9.17) is 19.4 Å². The summed E-state index contributed by atoms with van der Waals surface area (Å²) in [5.41, 5.74) is 13.2. The predicted octanol–water partition coefficient (Wildman–Crippen LogP) is 13.4. The summed E-state index contributed by atoms with van der Waals surface area (Å²) >= 11 is 0. The highest BCUT2D eigenvalue weighted by molar-refractivity contribution is 6.24. The molecule has 4 heterocycles. The Morgan fingerprint density at radius 3 is 1.98 bits per heavy atom. The Hall–Kier alpha value is -7.17. The Morgan fingerprint density at radius 2 is 1.13 bits per heavy atom. The second-order valence-corrected chi connectivity index (χ2v) is 14.0. The monoisotopic (exact) mass is 689 g/mol.